The van der Waals surface area contributed by atoms with Crippen molar-refractivity contribution in [1.29, 1.82) is 0 Å². The number of fused-ring (bicyclic) bond motifs is 1. The maximum absolute atomic E-state index is 5.83. The summed E-state index contributed by atoms with van der Waals surface area (Å²) < 4.78 is 1.34. The Morgan fingerprint density at radius 2 is 2.31 bits per heavy atom. The second kappa shape index (κ2) is 4.91. The third-order valence-corrected chi connectivity index (χ3v) is 4.55. The molecule has 0 aliphatic heterocycles. The van der Waals surface area contributed by atoms with Gasteiger partial charge in [0, 0.05) is 5.69 Å². The molecule has 16 heavy (non-hydrogen) atoms. The van der Waals surface area contributed by atoms with E-state index in [1.54, 1.807) is 0 Å². The lowest BCUT2D eigenvalue weighted by Crippen LogP contribution is -1.91. The quantitative estimate of drug-likeness (QED) is 0.466. The molecule has 0 radical (unpaired) electrons. The highest BCUT2D eigenvalue weighted by Crippen LogP contribution is 2.32. The normalized spacial score (nSPS) is 13.2. The summed E-state index contributed by atoms with van der Waals surface area (Å²) in [5.74, 6) is 1.03. The fourth-order valence-electron chi connectivity index (χ4n) is 1.62. The van der Waals surface area contributed by atoms with Crippen molar-refractivity contribution in [2.45, 2.75) is 23.7 Å². The van der Waals surface area contributed by atoms with E-state index in [2.05, 4.69) is 55.4 Å². The molecule has 0 aliphatic rings. The Bertz CT molecular complexity index is 509. The Morgan fingerprint density at radius 1 is 1.56 bits per heavy atom. The topological polar surface area (TPSA) is 54.7 Å². The summed E-state index contributed by atoms with van der Waals surface area (Å²) in [6.45, 7) is 2.18. The molecule has 1 unspecified atom stereocenters. The van der Waals surface area contributed by atoms with Gasteiger partial charge in [0.2, 0.25) is 0 Å². The molecular formula is C11H13BrIN3. The van der Waals surface area contributed by atoms with Gasteiger partial charge in [0.25, 0.3) is 0 Å². The number of hydrogen-bond donors (Lipinski definition) is 2. The van der Waals surface area contributed by atoms with Crippen LogP contribution in [-0.2, 0) is 0 Å². The largest absolute Gasteiger partial charge is 0.398 e. The minimum absolute atomic E-state index is 0.433. The van der Waals surface area contributed by atoms with Crippen LogP contribution in [0.3, 0.4) is 0 Å². The SMILES string of the molecule is CCCC(I)c1nc2ccc(N)c(Br)c2[nH]1. The lowest BCUT2D eigenvalue weighted by atomic mass is 10.2. The molecule has 0 saturated carbocycles. The molecule has 1 aromatic heterocycles. The van der Waals surface area contributed by atoms with Crippen LogP contribution < -0.4 is 5.73 Å². The molecule has 3 N–H and O–H groups in total. The number of alkyl halides is 1. The summed E-state index contributed by atoms with van der Waals surface area (Å²) >= 11 is 5.91. The van der Waals surface area contributed by atoms with Gasteiger partial charge >= 0.3 is 0 Å². The molecule has 1 atom stereocenters. The summed E-state index contributed by atoms with van der Waals surface area (Å²) in [6, 6.07) is 3.82. The van der Waals surface area contributed by atoms with Gasteiger partial charge in [0.05, 0.1) is 19.4 Å². The Hall–Kier alpha value is -0.300. The van der Waals surface area contributed by atoms with Crippen LogP contribution in [0.4, 0.5) is 5.69 Å². The van der Waals surface area contributed by atoms with Crippen molar-refractivity contribution < 1.29 is 0 Å². The summed E-state index contributed by atoms with van der Waals surface area (Å²) in [5.41, 5.74) is 8.53. The standard InChI is InChI=1S/C11H13BrIN3/c1-2-3-6(13)11-15-8-5-4-7(14)9(12)10(8)16-11/h4-6H,2-3,14H2,1H3,(H,15,16). The number of aromatic nitrogens is 2. The Labute approximate surface area is 116 Å². The van der Waals surface area contributed by atoms with Crippen molar-refractivity contribution in [3.8, 4) is 0 Å². The summed E-state index contributed by atoms with van der Waals surface area (Å²) in [4.78, 5) is 7.93. The number of rotatable bonds is 3. The fourth-order valence-corrected chi connectivity index (χ4v) is 2.97. The average Bonchev–Trinajstić information content (AvgIpc) is 2.69. The van der Waals surface area contributed by atoms with Gasteiger partial charge in [0.1, 0.15) is 5.82 Å². The van der Waals surface area contributed by atoms with Crippen molar-refractivity contribution in [3.63, 3.8) is 0 Å². The fraction of sp³-hybridized carbons (Fsp3) is 0.364. The minimum atomic E-state index is 0.433. The molecule has 0 aliphatic carbocycles. The van der Waals surface area contributed by atoms with Crippen molar-refractivity contribution >= 4 is 55.2 Å². The van der Waals surface area contributed by atoms with Crippen LogP contribution in [0.1, 0.15) is 29.5 Å². The number of nitrogens with one attached hydrogen (secondary N) is 1. The number of aromatic amines is 1. The highest BCUT2D eigenvalue weighted by molar-refractivity contribution is 14.1. The molecule has 0 bridgehead atoms. The monoisotopic (exact) mass is 393 g/mol. The maximum Gasteiger partial charge on any atom is 0.120 e. The van der Waals surface area contributed by atoms with Crippen LogP contribution in [0.15, 0.2) is 16.6 Å². The first-order chi connectivity index (χ1) is 7.63. The predicted molar refractivity (Wildman–Crippen MR) is 79.9 cm³/mol. The third-order valence-electron chi connectivity index (χ3n) is 2.48. The number of anilines is 1. The molecule has 1 aromatic carbocycles. The van der Waals surface area contributed by atoms with Crippen LogP contribution in [0.25, 0.3) is 11.0 Å². The van der Waals surface area contributed by atoms with Crippen LogP contribution in [-0.4, -0.2) is 9.97 Å². The van der Waals surface area contributed by atoms with Crippen molar-refractivity contribution in [2.24, 2.45) is 0 Å². The van der Waals surface area contributed by atoms with Gasteiger partial charge in [-0.25, -0.2) is 4.98 Å². The number of nitrogens with two attached hydrogens (primary N) is 1. The number of H-pyrrole nitrogens is 1. The summed E-state index contributed by atoms with van der Waals surface area (Å²) in [7, 11) is 0. The lowest BCUT2D eigenvalue weighted by Gasteiger charge is -2.02. The highest BCUT2D eigenvalue weighted by atomic mass is 127. The molecule has 86 valence electrons. The van der Waals surface area contributed by atoms with Gasteiger partial charge in [0.15, 0.2) is 0 Å². The van der Waals surface area contributed by atoms with Gasteiger partial charge in [-0.05, 0) is 34.5 Å². The molecule has 0 fully saturated rings. The molecule has 2 aromatic rings. The first-order valence-electron chi connectivity index (χ1n) is 5.21. The van der Waals surface area contributed by atoms with Crippen molar-refractivity contribution in [1.82, 2.24) is 9.97 Å². The zero-order valence-corrected chi connectivity index (χ0v) is 12.7. The second-order valence-electron chi connectivity index (χ2n) is 3.74. The lowest BCUT2D eigenvalue weighted by molar-refractivity contribution is 0.769. The van der Waals surface area contributed by atoms with E-state index in [1.807, 2.05) is 12.1 Å². The van der Waals surface area contributed by atoms with Gasteiger partial charge in [-0.1, -0.05) is 35.9 Å². The average molecular weight is 394 g/mol. The summed E-state index contributed by atoms with van der Waals surface area (Å²) in [6.07, 6.45) is 2.29. The van der Waals surface area contributed by atoms with Crippen LogP contribution in [0, 0.1) is 0 Å². The Morgan fingerprint density at radius 3 is 3.00 bits per heavy atom. The Balaban J connectivity index is 2.48. The molecule has 2 rings (SSSR count). The minimum Gasteiger partial charge on any atom is -0.398 e. The van der Waals surface area contributed by atoms with Crippen molar-refractivity contribution in [2.75, 3.05) is 5.73 Å². The van der Waals surface area contributed by atoms with E-state index in [1.165, 1.54) is 0 Å². The Kier molecular flexibility index (Phi) is 3.73. The van der Waals surface area contributed by atoms with E-state index in [0.717, 1.165) is 39.9 Å². The van der Waals surface area contributed by atoms with Gasteiger partial charge in [-0.2, -0.15) is 0 Å². The number of nitrogen functional groups attached to an aromatic ring is 1. The maximum atomic E-state index is 5.83. The van der Waals surface area contributed by atoms with E-state index < -0.39 is 0 Å². The zero-order valence-electron chi connectivity index (χ0n) is 8.93. The molecule has 3 nitrogen and oxygen atoms in total. The second-order valence-corrected chi connectivity index (χ2v) is 6.04. The number of halogens is 2. The van der Waals surface area contributed by atoms with Crippen LogP contribution in [0.5, 0.6) is 0 Å². The number of hydrogen-bond acceptors (Lipinski definition) is 2. The van der Waals surface area contributed by atoms with E-state index >= 15 is 0 Å². The number of nitrogens with zero attached hydrogens (tertiary/aromatic N) is 1. The van der Waals surface area contributed by atoms with E-state index in [9.17, 15) is 0 Å². The van der Waals surface area contributed by atoms with Gasteiger partial charge in [-0.15, -0.1) is 0 Å². The van der Waals surface area contributed by atoms with E-state index in [4.69, 9.17) is 5.73 Å². The van der Waals surface area contributed by atoms with Crippen molar-refractivity contribution in [3.05, 3.63) is 22.4 Å². The highest BCUT2D eigenvalue weighted by Gasteiger charge is 2.13. The summed E-state index contributed by atoms with van der Waals surface area (Å²) in [5, 5.41) is 0. The third kappa shape index (κ3) is 2.20. The first kappa shape index (κ1) is 12.2. The first-order valence-corrected chi connectivity index (χ1v) is 7.25. The molecule has 0 saturated heterocycles. The number of imidazole rings is 1. The molecule has 0 amide bonds. The molecule has 5 heteroatoms. The smallest absolute Gasteiger partial charge is 0.120 e. The zero-order chi connectivity index (χ0) is 11.7. The van der Waals surface area contributed by atoms with Crippen LogP contribution >= 0.6 is 38.5 Å². The van der Waals surface area contributed by atoms with Gasteiger partial charge in [-0.3, -0.25) is 0 Å². The van der Waals surface area contributed by atoms with Crippen LogP contribution in [0.2, 0.25) is 0 Å². The number of benzene rings is 1. The predicted octanol–water partition coefficient (Wildman–Crippen LogP) is 4.18. The molecular weight excluding hydrogens is 381 g/mol. The molecule has 1 heterocycles. The van der Waals surface area contributed by atoms with E-state index in [-0.39, 0.29) is 0 Å². The van der Waals surface area contributed by atoms with E-state index in [0.29, 0.717) is 3.92 Å². The molecule has 0 spiro atoms. The van der Waals surface area contributed by atoms with Gasteiger partial charge < -0.3 is 10.7 Å².